The van der Waals surface area contributed by atoms with E-state index in [0.29, 0.717) is 35.5 Å². The van der Waals surface area contributed by atoms with Crippen LogP contribution in [0.25, 0.3) is 32.7 Å². The lowest BCUT2D eigenvalue weighted by Crippen LogP contribution is -2.76. The van der Waals surface area contributed by atoms with Crippen LogP contribution in [0.3, 0.4) is 0 Å². The molecule has 2 spiro atoms. The second-order valence-corrected chi connectivity index (χ2v) is 35.5. The van der Waals surface area contributed by atoms with Crippen LogP contribution in [0.4, 0.5) is 17.1 Å². The highest BCUT2D eigenvalue weighted by Crippen LogP contribution is 2.63. The first-order valence-electron chi connectivity index (χ1n) is 38.7. The Morgan fingerprint density at radius 3 is 0.981 bits per heavy atom. The van der Waals surface area contributed by atoms with Crippen molar-refractivity contribution in [1.29, 1.82) is 0 Å². The van der Waals surface area contributed by atoms with E-state index in [2.05, 4.69) is 397 Å². The summed E-state index contributed by atoms with van der Waals surface area (Å²) in [5, 5.41) is 5.70. The first-order chi connectivity index (χ1) is 51.1. The summed E-state index contributed by atoms with van der Waals surface area (Å²) in [6, 6.07) is 121. The minimum atomic E-state index is -3.43. The molecule has 0 atom stereocenters. The van der Waals surface area contributed by atoms with Gasteiger partial charge in [-0.3, -0.25) is 0 Å². The molecule has 0 saturated carbocycles. The molecule has 0 aromatic heterocycles. The Morgan fingerprint density at radius 2 is 0.590 bits per heavy atom. The summed E-state index contributed by atoms with van der Waals surface area (Å²) in [5.74, 6) is 2.17. The second kappa shape index (κ2) is 26.9. The molecule has 512 valence electrons. The molecule has 0 fully saturated rings. The number of hydrogen-bond donors (Lipinski definition) is 0. The van der Waals surface area contributed by atoms with E-state index in [4.69, 9.17) is 0 Å². The number of anilines is 3. The maximum atomic E-state index is 2.63. The number of rotatable bonds is 14. The van der Waals surface area contributed by atoms with E-state index in [1.165, 1.54) is 165 Å². The van der Waals surface area contributed by atoms with Gasteiger partial charge < -0.3 is 4.90 Å². The Bertz CT molecular complexity index is 5310. The van der Waals surface area contributed by atoms with Crippen molar-refractivity contribution in [1.82, 2.24) is 0 Å². The molecule has 4 aliphatic heterocycles. The zero-order chi connectivity index (χ0) is 72.2. The van der Waals surface area contributed by atoms with Crippen molar-refractivity contribution < 1.29 is 0 Å². The Labute approximate surface area is 626 Å². The number of nitrogens with zero attached hydrogens (tertiary/aromatic N) is 1. The van der Waals surface area contributed by atoms with Gasteiger partial charge in [0.2, 0.25) is 13.4 Å². The molecule has 0 bridgehead atoms. The van der Waals surface area contributed by atoms with Gasteiger partial charge >= 0.3 is 0 Å². The fourth-order valence-corrected chi connectivity index (χ4v) is 25.6. The molecule has 105 heavy (non-hydrogen) atoms. The number of para-hydroxylation sites is 2. The van der Waals surface area contributed by atoms with Crippen molar-refractivity contribution in [3.05, 3.63) is 387 Å². The van der Waals surface area contributed by atoms with Crippen LogP contribution in [0.2, 0.25) is 0 Å². The van der Waals surface area contributed by atoms with E-state index < -0.39 is 13.5 Å². The van der Waals surface area contributed by atoms with Gasteiger partial charge in [-0.25, -0.2) is 0 Å². The Kier molecular flexibility index (Phi) is 17.3. The Hall–Kier alpha value is -10.5. The zero-order valence-corrected chi connectivity index (χ0v) is 64.0. The van der Waals surface area contributed by atoms with Gasteiger partial charge in [0.15, 0.2) is 8.07 Å². The normalized spacial score (nSPS) is 14.6. The zero-order valence-electron chi connectivity index (χ0n) is 63.0. The van der Waals surface area contributed by atoms with Gasteiger partial charge in [-0.15, -0.1) is 0 Å². The molecule has 1 nitrogen and oxygen atoms in total. The first-order valence-corrected chi connectivity index (χ1v) is 40.7. The minimum absolute atomic E-state index is 0.0243. The molecule has 4 heteroatoms. The van der Waals surface area contributed by atoms with Gasteiger partial charge in [0, 0.05) is 5.69 Å². The van der Waals surface area contributed by atoms with Crippen LogP contribution in [0, 0.1) is 0 Å². The van der Waals surface area contributed by atoms with Crippen LogP contribution in [-0.4, -0.2) is 21.5 Å². The summed E-state index contributed by atoms with van der Waals surface area (Å²) >= 11 is 0. The third-order valence-corrected chi connectivity index (χ3v) is 29.1. The molecule has 0 unspecified atom stereocenters. The topological polar surface area (TPSA) is 3.24 Å². The molecule has 17 rings (SSSR count). The summed E-state index contributed by atoms with van der Waals surface area (Å²) < 4.78 is 0. The number of hydrogen-bond acceptors (Lipinski definition) is 1. The molecule has 13 aromatic rings. The lowest BCUT2D eigenvalue weighted by molar-refractivity contribution is 0.736. The van der Waals surface area contributed by atoms with Crippen molar-refractivity contribution in [3.63, 3.8) is 0 Å². The van der Waals surface area contributed by atoms with Crippen molar-refractivity contribution in [2.45, 2.75) is 124 Å². The van der Waals surface area contributed by atoms with Crippen LogP contribution in [-0.2, 0) is 5.41 Å². The van der Waals surface area contributed by atoms with Gasteiger partial charge in [-0.2, -0.15) is 0 Å². The summed E-state index contributed by atoms with van der Waals surface area (Å²) in [7, 11) is -3.43. The molecule has 13 aromatic carbocycles. The summed E-state index contributed by atoms with van der Waals surface area (Å²) in [5.41, 5.74) is 35.5. The van der Waals surface area contributed by atoms with E-state index in [0.717, 1.165) is 5.69 Å². The van der Waals surface area contributed by atoms with Gasteiger partial charge in [0.1, 0.15) is 0 Å². The maximum absolute atomic E-state index is 3.43. The second-order valence-electron chi connectivity index (χ2n) is 32.0. The van der Waals surface area contributed by atoms with Crippen LogP contribution in [0.5, 0.6) is 0 Å². The lowest BCUT2D eigenvalue weighted by Gasteiger charge is -2.53. The molecule has 0 N–H and O–H groups in total. The Balaban J connectivity index is 0.871. The molecular weight excluding hydrogens is 1280 g/mol. The highest BCUT2D eigenvalue weighted by atomic mass is 28.3. The van der Waals surface area contributed by atoms with Crippen molar-refractivity contribution in [3.8, 4) is 11.1 Å². The number of allylic oxidation sites excluding steroid dienone is 2. The Morgan fingerprint density at radius 1 is 0.267 bits per heavy atom. The molecular formula is C101H93B2NSi. The van der Waals surface area contributed by atoms with Gasteiger partial charge in [0.25, 0.3) is 0 Å². The lowest BCUT2D eigenvalue weighted by atomic mass is 9.20. The van der Waals surface area contributed by atoms with E-state index in [9.17, 15) is 0 Å². The predicted molar refractivity (Wildman–Crippen MR) is 456 cm³/mol. The smallest absolute Gasteiger partial charge is 0.240 e. The third kappa shape index (κ3) is 10.6. The van der Waals surface area contributed by atoms with Gasteiger partial charge in [0.05, 0.1) is 16.8 Å². The monoisotopic (exact) mass is 1370 g/mol. The maximum Gasteiger partial charge on any atom is 0.240 e. The molecule has 0 amide bonds. The summed E-state index contributed by atoms with van der Waals surface area (Å²) in [6.07, 6.45) is 0. The van der Waals surface area contributed by atoms with Crippen LogP contribution in [0.15, 0.2) is 309 Å². The van der Waals surface area contributed by atoms with Crippen molar-refractivity contribution >= 4 is 103 Å². The SMILES string of the molecule is CC(C)c1cc(C(C)C)c(B2c3ccccc3B(c3c(C(C)C)cc(C(C)C)cc3C(C)C)c3cc(-c4ccc(N5c6ccccc6C6(c7ccccc75)c5ccccc5[Si]5(C(c7ccccc7)=C(c7ccccc7)C(c7ccccc7)=C5c5ccccc5)c5ccccc56)cc4)ccc32)c(C(C)C)c1. The van der Waals surface area contributed by atoms with Crippen LogP contribution < -0.4 is 48.1 Å². The fraction of sp³-hybridized carbons (Fsp3) is 0.188. The van der Waals surface area contributed by atoms with Gasteiger partial charge in [-0.05, 0) is 181 Å². The third-order valence-electron chi connectivity index (χ3n) is 24.0. The van der Waals surface area contributed by atoms with Crippen LogP contribution in [0.1, 0.15) is 196 Å². The molecule has 0 aliphatic carbocycles. The number of fused-ring (bicyclic) bond motifs is 12. The highest BCUT2D eigenvalue weighted by molar-refractivity contribution is 7.30. The van der Waals surface area contributed by atoms with E-state index in [1.807, 2.05) is 0 Å². The van der Waals surface area contributed by atoms with E-state index in [-0.39, 0.29) is 13.4 Å². The highest BCUT2D eigenvalue weighted by Gasteiger charge is 2.62. The quantitative estimate of drug-likeness (QED) is 0.0981. The van der Waals surface area contributed by atoms with E-state index >= 15 is 0 Å². The average molecular weight is 1370 g/mol. The standard InChI is InChI=1S/C101H93B2NSi/c1-64(2)76-59-79(66(5)6)97(80(60-76)67(7)8)102-87-47-29-30-48-88(87)103(98-81(68(9)10)61-77(65(3)4)62-82(98)69(11)12)90-63-75(55-58-89(90)102)70-53-56-78(57-54-70)104-91-49-31-25-43-83(91)101(84-44-26-32-50-92(84)104)85-45-27-33-51-93(85)105(94-52-34-28-46-86(94)101)99(73-39-21-15-22-40-73)95(71-35-17-13-18-36-71)96(72-37-19-14-20-38-72)100(105)74-41-23-16-24-42-74/h13-69H,1-12H3. The van der Waals surface area contributed by atoms with Gasteiger partial charge in [-0.1, -0.05) is 401 Å². The average Bonchev–Trinajstić information content (AvgIpc) is 1.57. The van der Waals surface area contributed by atoms with Crippen LogP contribution >= 0.6 is 0 Å². The summed E-state index contributed by atoms with van der Waals surface area (Å²) in [4.78, 5) is 2.57. The number of benzene rings is 13. The molecule has 4 aliphatic rings. The predicted octanol–water partition coefficient (Wildman–Crippen LogP) is 20.8. The largest absolute Gasteiger partial charge is 0.310 e. The van der Waals surface area contributed by atoms with Crippen molar-refractivity contribution in [2.24, 2.45) is 0 Å². The fourth-order valence-electron chi connectivity index (χ4n) is 19.4. The van der Waals surface area contributed by atoms with Crippen molar-refractivity contribution in [2.75, 3.05) is 4.90 Å². The van der Waals surface area contributed by atoms with E-state index in [1.54, 1.807) is 0 Å². The molecule has 0 saturated heterocycles. The molecule has 4 heterocycles. The first kappa shape index (κ1) is 67.6. The molecule has 0 radical (unpaired) electrons. The summed E-state index contributed by atoms with van der Waals surface area (Å²) in [6.45, 7) is 28.9. The minimum Gasteiger partial charge on any atom is -0.310 e.